The van der Waals surface area contributed by atoms with Crippen LogP contribution in [0.5, 0.6) is 11.5 Å². The Morgan fingerprint density at radius 3 is 2.34 bits per heavy atom. The molecule has 3 aromatic rings. The predicted molar refractivity (Wildman–Crippen MR) is 127 cm³/mol. The Morgan fingerprint density at radius 1 is 1.03 bits per heavy atom. The van der Waals surface area contributed by atoms with Crippen LogP contribution in [0.25, 0.3) is 10.9 Å². The average Bonchev–Trinajstić information content (AvgIpc) is 2.88. The third-order valence-electron chi connectivity index (χ3n) is 5.90. The minimum Gasteiger partial charge on any atom is -0.493 e. The summed E-state index contributed by atoms with van der Waals surface area (Å²) in [5.41, 5.74) is 0.908. The van der Waals surface area contributed by atoms with Gasteiger partial charge in [-0.05, 0) is 30.3 Å². The number of amides is 2. The Balaban J connectivity index is 1.32. The second kappa shape index (κ2) is 10.4. The molecule has 2 heterocycles. The highest BCUT2D eigenvalue weighted by atomic mass is 19.1. The minimum absolute atomic E-state index is 0.170. The number of fused-ring (bicyclic) bond motifs is 1. The van der Waals surface area contributed by atoms with Gasteiger partial charge in [-0.2, -0.15) is 0 Å². The summed E-state index contributed by atoms with van der Waals surface area (Å²) < 4.78 is 24.8. The molecule has 1 saturated heterocycles. The second-order valence-electron chi connectivity index (χ2n) is 8.02. The first kappa shape index (κ1) is 24.0. The number of ether oxygens (including phenoxy) is 2. The number of anilines is 1. The Kier molecular flexibility index (Phi) is 7.14. The molecule has 2 amide bonds. The predicted octanol–water partition coefficient (Wildman–Crippen LogP) is 1.02. The van der Waals surface area contributed by atoms with E-state index in [1.807, 2.05) is 0 Å². The zero-order valence-corrected chi connectivity index (χ0v) is 19.5. The first-order valence-electron chi connectivity index (χ1n) is 11.1. The molecule has 1 aliphatic heterocycles. The van der Waals surface area contributed by atoms with E-state index in [0.717, 1.165) is 5.69 Å². The molecule has 0 bridgehead atoms. The Bertz CT molecular complexity index is 1290. The zero-order chi connectivity index (χ0) is 24.9. The third kappa shape index (κ3) is 5.34. The molecule has 0 spiro atoms. The maximum atomic E-state index is 13.1. The molecular weight excluding hydrogens is 457 g/mol. The van der Waals surface area contributed by atoms with E-state index in [1.165, 1.54) is 43.3 Å². The van der Waals surface area contributed by atoms with Crippen molar-refractivity contribution < 1.29 is 23.5 Å². The van der Waals surface area contributed by atoms with Gasteiger partial charge in [-0.15, -0.1) is 0 Å². The number of hydrogen-bond donors (Lipinski definition) is 1. The Morgan fingerprint density at radius 2 is 1.69 bits per heavy atom. The van der Waals surface area contributed by atoms with Gasteiger partial charge in [0.25, 0.3) is 5.56 Å². The van der Waals surface area contributed by atoms with Crippen molar-refractivity contribution in [3.63, 3.8) is 0 Å². The van der Waals surface area contributed by atoms with Gasteiger partial charge in [0, 0.05) is 37.9 Å². The van der Waals surface area contributed by atoms with Gasteiger partial charge in [0.1, 0.15) is 12.4 Å². The van der Waals surface area contributed by atoms with Crippen molar-refractivity contribution in [1.29, 1.82) is 0 Å². The van der Waals surface area contributed by atoms with Crippen LogP contribution in [0.1, 0.15) is 0 Å². The smallest absolute Gasteiger partial charge is 0.261 e. The van der Waals surface area contributed by atoms with Crippen LogP contribution in [0, 0.1) is 5.82 Å². The fourth-order valence-electron chi connectivity index (χ4n) is 3.96. The molecule has 1 N–H and O–H groups in total. The third-order valence-corrected chi connectivity index (χ3v) is 5.90. The van der Waals surface area contributed by atoms with Crippen molar-refractivity contribution in [3.8, 4) is 11.5 Å². The number of hydrogen-bond acceptors (Lipinski definition) is 7. The van der Waals surface area contributed by atoms with Crippen molar-refractivity contribution in [1.82, 2.24) is 19.8 Å². The maximum absolute atomic E-state index is 13.1. The molecule has 1 aromatic heterocycles. The summed E-state index contributed by atoms with van der Waals surface area (Å²) in [6.45, 7) is 1.75. The number of halogens is 1. The molecule has 184 valence electrons. The standard InChI is InChI=1S/C24H26FN5O5/c1-34-20-11-18-19(12-21(20)35-2)27-15-30(24(18)33)14-22(31)26-13-23(32)29-9-7-28(8-10-29)17-5-3-16(25)4-6-17/h3-6,11-12,15H,7-10,13-14H2,1-2H3,(H,26,31). The molecule has 35 heavy (non-hydrogen) atoms. The van der Waals surface area contributed by atoms with Gasteiger partial charge in [0.05, 0.1) is 38.0 Å². The fraction of sp³-hybridized carbons (Fsp3) is 0.333. The highest BCUT2D eigenvalue weighted by Crippen LogP contribution is 2.29. The Hall–Kier alpha value is -4.15. The van der Waals surface area contributed by atoms with E-state index < -0.39 is 11.5 Å². The van der Waals surface area contributed by atoms with Crippen molar-refractivity contribution in [2.75, 3.05) is 51.8 Å². The lowest BCUT2D eigenvalue weighted by atomic mass is 10.2. The molecule has 0 atom stereocenters. The summed E-state index contributed by atoms with van der Waals surface area (Å²) in [7, 11) is 2.95. The van der Waals surface area contributed by atoms with Crippen molar-refractivity contribution in [2.24, 2.45) is 0 Å². The number of piperazine rings is 1. The fourth-order valence-corrected chi connectivity index (χ4v) is 3.96. The van der Waals surface area contributed by atoms with E-state index >= 15 is 0 Å². The Labute approximate surface area is 200 Å². The molecule has 11 heteroatoms. The first-order valence-corrected chi connectivity index (χ1v) is 11.1. The number of methoxy groups -OCH3 is 2. The van der Waals surface area contributed by atoms with Crippen LogP contribution in [0.4, 0.5) is 10.1 Å². The average molecular weight is 484 g/mol. The van der Waals surface area contributed by atoms with E-state index in [-0.39, 0.29) is 30.2 Å². The summed E-state index contributed by atoms with van der Waals surface area (Å²) in [5.74, 6) is -0.157. The molecule has 1 fully saturated rings. The van der Waals surface area contributed by atoms with E-state index in [2.05, 4.69) is 15.2 Å². The highest BCUT2D eigenvalue weighted by molar-refractivity contribution is 5.85. The number of aromatic nitrogens is 2. The van der Waals surface area contributed by atoms with Crippen LogP contribution < -0.4 is 25.2 Å². The van der Waals surface area contributed by atoms with Gasteiger partial charge in [-0.3, -0.25) is 19.0 Å². The number of carbonyl (C=O) groups is 2. The van der Waals surface area contributed by atoms with Gasteiger partial charge in [0.2, 0.25) is 11.8 Å². The van der Waals surface area contributed by atoms with Crippen LogP contribution in [0.3, 0.4) is 0 Å². The van der Waals surface area contributed by atoms with E-state index in [9.17, 15) is 18.8 Å². The number of nitrogens with zero attached hydrogens (tertiary/aromatic N) is 4. The molecular formula is C24H26FN5O5. The summed E-state index contributed by atoms with van der Waals surface area (Å²) in [6.07, 6.45) is 1.28. The second-order valence-corrected chi connectivity index (χ2v) is 8.02. The zero-order valence-electron chi connectivity index (χ0n) is 19.5. The van der Waals surface area contributed by atoms with Crippen LogP contribution in [0.15, 0.2) is 47.5 Å². The molecule has 1 aliphatic rings. The van der Waals surface area contributed by atoms with E-state index in [4.69, 9.17) is 9.47 Å². The summed E-state index contributed by atoms with van der Waals surface area (Å²) in [6, 6.07) is 9.35. The van der Waals surface area contributed by atoms with Gasteiger partial charge < -0.3 is 24.6 Å². The lowest BCUT2D eigenvalue weighted by Gasteiger charge is -2.36. The molecule has 4 rings (SSSR count). The summed E-state index contributed by atoms with van der Waals surface area (Å²) >= 11 is 0. The van der Waals surface area contributed by atoms with Crippen LogP contribution in [-0.2, 0) is 16.1 Å². The monoisotopic (exact) mass is 483 g/mol. The van der Waals surface area contributed by atoms with Gasteiger partial charge in [-0.1, -0.05) is 0 Å². The molecule has 2 aromatic carbocycles. The van der Waals surface area contributed by atoms with E-state index in [1.54, 1.807) is 23.1 Å². The maximum Gasteiger partial charge on any atom is 0.261 e. The van der Waals surface area contributed by atoms with Crippen molar-refractivity contribution in [2.45, 2.75) is 6.54 Å². The number of carbonyl (C=O) groups excluding carboxylic acids is 2. The van der Waals surface area contributed by atoms with Crippen LogP contribution in [-0.4, -0.2) is 73.2 Å². The number of rotatable bonds is 7. The molecule has 10 nitrogen and oxygen atoms in total. The normalized spacial score (nSPS) is 13.6. The van der Waals surface area contributed by atoms with Gasteiger partial charge in [0.15, 0.2) is 11.5 Å². The van der Waals surface area contributed by atoms with Gasteiger partial charge >= 0.3 is 0 Å². The number of benzene rings is 2. The lowest BCUT2D eigenvalue weighted by Crippen LogP contribution is -2.51. The minimum atomic E-state index is -0.480. The highest BCUT2D eigenvalue weighted by Gasteiger charge is 2.22. The molecule has 0 aliphatic carbocycles. The summed E-state index contributed by atoms with van der Waals surface area (Å²) in [4.78, 5) is 45.8. The van der Waals surface area contributed by atoms with Crippen LogP contribution >= 0.6 is 0 Å². The van der Waals surface area contributed by atoms with E-state index in [0.29, 0.717) is 43.2 Å². The SMILES string of the molecule is COc1cc2ncn(CC(=O)NCC(=O)N3CCN(c4ccc(F)cc4)CC3)c(=O)c2cc1OC. The largest absolute Gasteiger partial charge is 0.493 e. The van der Waals surface area contributed by atoms with Gasteiger partial charge in [-0.25, -0.2) is 9.37 Å². The first-order chi connectivity index (χ1) is 16.9. The van der Waals surface area contributed by atoms with Crippen molar-refractivity contribution in [3.05, 3.63) is 58.9 Å². The molecule has 0 unspecified atom stereocenters. The topological polar surface area (TPSA) is 106 Å². The van der Waals surface area contributed by atoms with Crippen LogP contribution in [0.2, 0.25) is 0 Å². The number of nitrogens with one attached hydrogen (secondary N) is 1. The quantitative estimate of drug-likeness (QED) is 0.535. The summed E-state index contributed by atoms with van der Waals surface area (Å²) in [5, 5.41) is 2.86. The lowest BCUT2D eigenvalue weighted by molar-refractivity contribution is -0.133. The molecule has 0 radical (unpaired) electrons. The molecule has 0 saturated carbocycles. The van der Waals surface area contributed by atoms with Crippen molar-refractivity contribution >= 4 is 28.4 Å².